The molecule has 6 heteroatoms. The molecule has 23 heavy (non-hydrogen) atoms. The largest absolute Gasteiger partial charge is 0.361 e. The van der Waals surface area contributed by atoms with Gasteiger partial charge in [0.25, 0.3) is 0 Å². The van der Waals surface area contributed by atoms with Crippen LogP contribution in [0.5, 0.6) is 0 Å². The van der Waals surface area contributed by atoms with E-state index in [9.17, 15) is 0 Å². The van der Waals surface area contributed by atoms with E-state index < -0.39 is 0 Å². The van der Waals surface area contributed by atoms with Crippen LogP contribution in [0.3, 0.4) is 0 Å². The molecule has 0 saturated carbocycles. The van der Waals surface area contributed by atoms with E-state index in [0.29, 0.717) is 6.54 Å². The van der Waals surface area contributed by atoms with Gasteiger partial charge >= 0.3 is 0 Å². The van der Waals surface area contributed by atoms with Crippen molar-refractivity contribution in [2.24, 2.45) is 4.99 Å². The van der Waals surface area contributed by atoms with Crippen molar-refractivity contribution in [1.29, 1.82) is 0 Å². The maximum atomic E-state index is 4.55. The summed E-state index contributed by atoms with van der Waals surface area (Å²) in [5.74, 6) is 0.821. The van der Waals surface area contributed by atoms with E-state index >= 15 is 0 Å². The number of aromatic nitrogens is 3. The van der Waals surface area contributed by atoms with Gasteiger partial charge in [-0.05, 0) is 31.0 Å². The maximum Gasteiger partial charge on any atom is 0.191 e. The zero-order chi connectivity index (χ0) is 15.9. The molecule has 3 rings (SSSR count). The normalized spacial score (nSPS) is 11.8. The Labute approximate surface area is 135 Å². The van der Waals surface area contributed by atoms with Gasteiger partial charge in [0.15, 0.2) is 5.96 Å². The molecule has 0 aliphatic rings. The first-order valence-corrected chi connectivity index (χ1v) is 7.92. The maximum absolute atomic E-state index is 4.55. The molecule has 0 bridgehead atoms. The number of guanidine groups is 1. The topological polar surface area (TPSA) is 80.9 Å². The number of aliphatic imine (C=N–C) groups is 1. The minimum Gasteiger partial charge on any atom is -0.361 e. The highest BCUT2D eigenvalue weighted by molar-refractivity contribution is 5.83. The molecule has 2 aromatic heterocycles. The summed E-state index contributed by atoms with van der Waals surface area (Å²) in [6.45, 7) is 4.31. The molecule has 3 aromatic rings. The highest BCUT2D eigenvalue weighted by Gasteiger charge is 2.03. The number of hydrogen-bond acceptors (Lipinski definition) is 2. The first kappa shape index (κ1) is 15.1. The number of aromatic amines is 2. The molecule has 2 heterocycles. The molecule has 0 aliphatic carbocycles. The van der Waals surface area contributed by atoms with Crippen molar-refractivity contribution in [3.05, 3.63) is 54.0 Å². The number of fused-ring (bicyclic) bond motifs is 1. The molecule has 0 saturated heterocycles. The van der Waals surface area contributed by atoms with Gasteiger partial charge in [-0.15, -0.1) is 0 Å². The zero-order valence-electron chi connectivity index (χ0n) is 13.3. The molecule has 1 aromatic carbocycles. The summed E-state index contributed by atoms with van der Waals surface area (Å²) in [5, 5.41) is 14.8. The number of H-pyrrole nitrogens is 2. The summed E-state index contributed by atoms with van der Waals surface area (Å²) < 4.78 is 0. The standard InChI is InChI=1S/C17H22N6/c1-2-18-17(21-12-14-8-10-22-23-14)19-9-7-13-11-20-16-6-4-3-5-15(13)16/h3-6,8,10-11,20H,2,7,9,12H2,1H3,(H,22,23)(H2,18,19,21). The predicted molar refractivity (Wildman–Crippen MR) is 93.4 cm³/mol. The monoisotopic (exact) mass is 310 g/mol. The minimum absolute atomic E-state index is 0.586. The number of nitrogens with zero attached hydrogens (tertiary/aromatic N) is 2. The Balaban J connectivity index is 1.57. The summed E-state index contributed by atoms with van der Waals surface area (Å²) >= 11 is 0. The van der Waals surface area contributed by atoms with Crippen LogP contribution in [0.2, 0.25) is 0 Å². The van der Waals surface area contributed by atoms with Crippen molar-refractivity contribution >= 4 is 16.9 Å². The fourth-order valence-electron chi connectivity index (χ4n) is 2.53. The van der Waals surface area contributed by atoms with Gasteiger partial charge in [-0.1, -0.05) is 18.2 Å². The van der Waals surface area contributed by atoms with Gasteiger partial charge in [-0.2, -0.15) is 5.10 Å². The van der Waals surface area contributed by atoms with Crippen LogP contribution >= 0.6 is 0 Å². The number of para-hydroxylation sites is 1. The Kier molecular flexibility index (Phi) is 4.93. The molecule has 4 N–H and O–H groups in total. The lowest BCUT2D eigenvalue weighted by Gasteiger charge is -2.10. The van der Waals surface area contributed by atoms with Gasteiger partial charge < -0.3 is 15.6 Å². The van der Waals surface area contributed by atoms with Gasteiger partial charge in [-0.3, -0.25) is 5.10 Å². The molecular weight excluding hydrogens is 288 g/mol. The molecule has 0 spiro atoms. The van der Waals surface area contributed by atoms with Crippen LogP contribution in [0.1, 0.15) is 18.2 Å². The smallest absolute Gasteiger partial charge is 0.191 e. The molecule has 120 valence electrons. The van der Waals surface area contributed by atoms with Crippen LogP contribution in [0.25, 0.3) is 10.9 Å². The van der Waals surface area contributed by atoms with E-state index in [-0.39, 0.29) is 0 Å². The molecule has 0 amide bonds. The Morgan fingerprint density at radius 1 is 1.22 bits per heavy atom. The van der Waals surface area contributed by atoms with Crippen LogP contribution in [0, 0.1) is 0 Å². The van der Waals surface area contributed by atoms with Crippen molar-refractivity contribution in [1.82, 2.24) is 25.8 Å². The van der Waals surface area contributed by atoms with Crippen molar-refractivity contribution < 1.29 is 0 Å². The van der Waals surface area contributed by atoms with Crippen LogP contribution in [-0.4, -0.2) is 34.2 Å². The quantitative estimate of drug-likeness (QED) is 0.416. The van der Waals surface area contributed by atoms with E-state index in [1.165, 1.54) is 16.5 Å². The van der Waals surface area contributed by atoms with Crippen LogP contribution in [-0.2, 0) is 13.0 Å². The lowest BCUT2D eigenvalue weighted by atomic mass is 10.1. The Hall–Kier alpha value is -2.76. The third-order valence-electron chi connectivity index (χ3n) is 3.67. The number of hydrogen-bond donors (Lipinski definition) is 4. The van der Waals surface area contributed by atoms with E-state index in [1.54, 1.807) is 6.20 Å². The Bertz CT molecular complexity index is 756. The second-order valence-electron chi connectivity index (χ2n) is 5.31. The van der Waals surface area contributed by atoms with Crippen molar-refractivity contribution in [3.8, 4) is 0 Å². The predicted octanol–water partition coefficient (Wildman–Crippen LogP) is 2.19. The van der Waals surface area contributed by atoms with Crippen molar-refractivity contribution in [3.63, 3.8) is 0 Å². The molecule has 6 nitrogen and oxygen atoms in total. The zero-order valence-corrected chi connectivity index (χ0v) is 13.3. The summed E-state index contributed by atoms with van der Waals surface area (Å²) in [5.41, 5.74) is 3.50. The molecule has 0 fully saturated rings. The highest BCUT2D eigenvalue weighted by atomic mass is 15.2. The second kappa shape index (κ2) is 7.49. The molecular formula is C17H22N6. The van der Waals surface area contributed by atoms with Crippen LogP contribution in [0.4, 0.5) is 0 Å². The second-order valence-corrected chi connectivity index (χ2v) is 5.31. The third kappa shape index (κ3) is 3.91. The third-order valence-corrected chi connectivity index (χ3v) is 3.67. The fourth-order valence-corrected chi connectivity index (χ4v) is 2.53. The first-order chi connectivity index (χ1) is 11.4. The average Bonchev–Trinajstić information content (AvgIpc) is 3.22. The number of benzene rings is 1. The van der Waals surface area contributed by atoms with Gasteiger partial charge in [-0.25, -0.2) is 4.99 Å². The lowest BCUT2D eigenvalue weighted by Crippen LogP contribution is -2.38. The number of nitrogens with one attached hydrogen (secondary N) is 4. The van der Waals surface area contributed by atoms with Crippen molar-refractivity contribution in [2.45, 2.75) is 19.9 Å². The average molecular weight is 310 g/mol. The summed E-state index contributed by atoms with van der Waals surface area (Å²) in [6, 6.07) is 10.3. The van der Waals surface area contributed by atoms with E-state index in [0.717, 1.165) is 31.2 Å². The summed E-state index contributed by atoms with van der Waals surface area (Å²) in [7, 11) is 0. The Morgan fingerprint density at radius 2 is 2.13 bits per heavy atom. The van der Waals surface area contributed by atoms with Gasteiger partial charge in [0.05, 0.1) is 12.2 Å². The van der Waals surface area contributed by atoms with Gasteiger partial charge in [0.1, 0.15) is 0 Å². The first-order valence-electron chi connectivity index (χ1n) is 7.92. The fraction of sp³-hybridized carbons (Fsp3) is 0.294. The SMILES string of the molecule is CCNC(=NCc1ccn[nH]1)NCCc1c[nH]c2ccccc12. The molecule has 0 atom stereocenters. The van der Waals surface area contributed by atoms with Gasteiger partial charge in [0.2, 0.25) is 0 Å². The Morgan fingerprint density at radius 3 is 2.96 bits per heavy atom. The lowest BCUT2D eigenvalue weighted by molar-refractivity contribution is 0.797. The van der Waals surface area contributed by atoms with E-state index in [4.69, 9.17) is 0 Å². The molecule has 0 unspecified atom stereocenters. The summed E-state index contributed by atoms with van der Waals surface area (Å²) in [4.78, 5) is 7.86. The molecule has 0 aliphatic heterocycles. The minimum atomic E-state index is 0.586. The van der Waals surface area contributed by atoms with Crippen LogP contribution < -0.4 is 10.6 Å². The summed E-state index contributed by atoms with van der Waals surface area (Å²) in [6.07, 6.45) is 4.77. The molecule has 0 radical (unpaired) electrons. The highest BCUT2D eigenvalue weighted by Crippen LogP contribution is 2.17. The van der Waals surface area contributed by atoms with Gasteiger partial charge in [0, 0.05) is 36.4 Å². The van der Waals surface area contributed by atoms with Crippen LogP contribution in [0.15, 0.2) is 47.7 Å². The van der Waals surface area contributed by atoms with E-state index in [1.807, 2.05) is 12.1 Å². The van der Waals surface area contributed by atoms with Crippen molar-refractivity contribution in [2.75, 3.05) is 13.1 Å². The van der Waals surface area contributed by atoms with E-state index in [2.05, 4.69) is 62.1 Å². The number of rotatable bonds is 6.